The maximum atomic E-state index is 14.6. The third-order valence-electron chi connectivity index (χ3n) is 7.63. The Morgan fingerprint density at radius 1 is 0.893 bits per heavy atom. The second-order valence-electron chi connectivity index (χ2n) is 9.19. The number of hydrogen-bond donors (Lipinski definition) is 0. The van der Waals surface area contributed by atoms with Gasteiger partial charge in [-0.25, -0.2) is 4.39 Å². The summed E-state index contributed by atoms with van der Waals surface area (Å²) in [4.78, 5) is 0. The Balaban J connectivity index is 1.39. The number of benzene rings is 2. The number of fused-ring (bicyclic) bond motifs is 1. The summed E-state index contributed by atoms with van der Waals surface area (Å²) in [6.07, 6.45) is 16.4. The van der Waals surface area contributed by atoms with E-state index in [0.29, 0.717) is 5.92 Å². The maximum absolute atomic E-state index is 14.6. The van der Waals surface area contributed by atoms with Gasteiger partial charge in [-0.1, -0.05) is 49.4 Å². The molecule has 2 aromatic rings. The zero-order valence-electron chi connectivity index (χ0n) is 17.6. The van der Waals surface area contributed by atoms with Crippen molar-refractivity contribution in [1.29, 1.82) is 0 Å². The Kier molecular flexibility index (Phi) is 6.19. The summed E-state index contributed by atoms with van der Waals surface area (Å²) < 4.78 is 14.6. The number of aryl methyl sites for hydroxylation is 1. The summed E-state index contributed by atoms with van der Waals surface area (Å²) in [6, 6.07) is 10.5. The lowest BCUT2D eigenvalue weighted by molar-refractivity contribution is 0.171. The van der Waals surface area contributed by atoms with Crippen LogP contribution in [-0.2, 0) is 6.42 Å². The molecule has 0 aliphatic heterocycles. The highest BCUT2D eigenvalue weighted by atomic mass is 19.1. The van der Waals surface area contributed by atoms with E-state index >= 15 is 0 Å². The molecular formula is C27H35F. The summed E-state index contributed by atoms with van der Waals surface area (Å²) in [5, 5.41) is 1.85. The Hall–Kier alpha value is -1.63. The van der Waals surface area contributed by atoms with Crippen LogP contribution in [0.4, 0.5) is 4.39 Å². The molecule has 0 nitrogen and oxygen atoms in total. The van der Waals surface area contributed by atoms with Crippen molar-refractivity contribution in [2.24, 2.45) is 17.8 Å². The zero-order valence-corrected chi connectivity index (χ0v) is 17.6. The third-order valence-corrected chi connectivity index (χ3v) is 7.63. The molecule has 0 saturated heterocycles. The Labute approximate surface area is 170 Å². The van der Waals surface area contributed by atoms with Crippen molar-refractivity contribution < 1.29 is 4.39 Å². The minimum Gasteiger partial charge on any atom is -0.206 e. The number of hydrogen-bond acceptors (Lipinski definition) is 0. The van der Waals surface area contributed by atoms with Crippen molar-refractivity contribution in [2.75, 3.05) is 0 Å². The van der Waals surface area contributed by atoms with Crippen molar-refractivity contribution in [3.63, 3.8) is 0 Å². The van der Waals surface area contributed by atoms with Gasteiger partial charge in [-0.05, 0) is 105 Å². The van der Waals surface area contributed by atoms with E-state index in [1.807, 2.05) is 19.1 Å². The minimum absolute atomic E-state index is 0.0243. The van der Waals surface area contributed by atoms with Crippen LogP contribution >= 0.6 is 0 Å². The number of rotatable bonds is 4. The molecule has 2 fully saturated rings. The van der Waals surface area contributed by atoms with Crippen LogP contribution in [0.1, 0.15) is 82.3 Å². The first-order valence-electron chi connectivity index (χ1n) is 11.5. The fourth-order valence-electron chi connectivity index (χ4n) is 5.89. The second kappa shape index (κ2) is 8.80. The number of allylic oxidation sites excluding steroid dienone is 2. The monoisotopic (exact) mass is 378 g/mol. The molecular weight excluding hydrogens is 343 g/mol. The lowest BCUT2D eigenvalue weighted by Gasteiger charge is -2.37. The van der Waals surface area contributed by atoms with E-state index in [2.05, 4.69) is 37.3 Å². The molecule has 1 heteroatoms. The van der Waals surface area contributed by atoms with Crippen LogP contribution < -0.4 is 0 Å². The zero-order chi connectivity index (χ0) is 19.5. The number of halogens is 1. The van der Waals surface area contributed by atoms with Crippen molar-refractivity contribution in [2.45, 2.75) is 77.6 Å². The lowest BCUT2D eigenvalue weighted by Crippen LogP contribution is -2.25. The van der Waals surface area contributed by atoms with E-state index in [-0.39, 0.29) is 5.82 Å². The van der Waals surface area contributed by atoms with Crippen LogP contribution in [0.2, 0.25) is 0 Å². The van der Waals surface area contributed by atoms with Crippen LogP contribution in [-0.4, -0.2) is 0 Å². The van der Waals surface area contributed by atoms with E-state index in [1.54, 1.807) is 0 Å². The molecule has 0 unspecified atom stereocenters. The van der Waals surface area contributed by atoms with Gasteiger partial charge in [-0.15, -0.1) is 0 Å². The molecule has 150 valence electrons. The van der Waals surface area contributed by atoms with E-state index < -0.39 is 0 Å². The first-order valence-corrected chi connectivity index (χ1v) is 11.5. The molecule has 0 N–H and O–H groups in total. The Morgan fingerprint density at radius 2 is 1.57 bits per heavy atom. The molecule has 0 bridgehead atoms. The molecule has 0 atom stereocenters. The molecule has 0 radical (unpaired) electrons. The highest BCUT2D eigenvalue weighted by molar-refractivity contribution is 5.84. The molecule has 0 aromatic heterocycles. The topological polar surface area (TPSA) is 0 Å². The van der Waals surface area contributed by atoms with Crippen molar-refractivity contribution in [3.05, 3.63) is 59.4 Å². The quantitative estimate of drug-likeness (QED) is 0.470. The molecule has 0 spiro atoms. The van der Waals surface area contributed by atoms with E-state index in [4.69, 9.17) is 0 Å². The van der Waals surface area contributed by atoms with E-state index in [1.165, 1.54) is 56.9 Å². The Morgan fingerprint density at radius 3 is 2.21 bits per heavy atom. The minimum atomic E-state index is -0.0243. The van der Waals surface area contributed by atoms with Crippen LogP contribution in [0.15, 0.2) is 42.5 Å². The van der Waals surface area contributed by atoms with Gasteiger partial charge < -0.3 is 0 Å². The van der Waals surface area contributed by atoms with Crippen LogP contribution in [0.3, 0.4) is 0 Å². The van der Waals surface area contributed by atoms with Crippen LogP contribution in [0.25, 0.3) is 10.8 Å². The highest BCUT2D eigenvalue weighted by Crippen LogP contribution is 2.44. The van der Waals surface area contributed by atoms with Crippen LogP contribution in [0.5, 0.6) is 0 Å². The molecule has 28 heavy (non-hydrogen) atoms. The second-order valence-corrected chi connectivity index (χ2v) is 9.19. The van der Waals surface area contributed by atoms with Gasteiger partial charge in [0.2, 0.25) is 0 Å². The normalized spacial score (nSPS) is 28.8. The van der Waals surface area contributed by atoms with Gasteiger partial charge in [0.1, 0.15) is 5.82 Å². The fraction of sp³-hybridized carbons (Fsp3) is 0.556. The molecule has 0 heterocycles. The van der Waals surface area contributed by atoms with Gasteiger partial charge in [0.05, 0.1) is 0 Å². The SMILES string of the molecule is C/C=C/C1CCC(C2CCC(c3ccc4c(F)c(CC)ccc4c3)CC2)CC1. The maximum Gasteiger partial charge on any atom is 0.134 e. The summed E-state index contributed by atoms with van der Waals surface area (Å²) in [6.45, 7) is 4.17. The van der Waals surface area contributed by atoms with Crippen molar-refractivity contribution >= 4 is 10.8 Å². The fourth-order valence-corrected chi connectivity index (χ4v) is 5.89. The largest absolute Gasteiger partial charge is 0.206 e. The third kappa shape index (κ3) is 4.04. The van der Waals surface area contributed by atoms with Crippen molar-refractivity contribution in [1.82, 2.24) is 0 Å². The predicted molar refractivity (Wildman–Crippen MR) is 118 cm³/mol. The van der Waals surface area contributed by atoms with Gasteiger partial charge >= 0.3 is 0 Å². The first-order chi connectivity index (χ1) is 13.7. The van der Waals surface area contributed by atoms with Gasteiger partial charge in [0, 0.05) is 5.39 Å². The summed E-state index contributed by atoms with van der Waals surface area (Å²) >= 11 is 0. The van der Waals surface area contributed by atoms with Crippen LogP contribution in [0, 0.1) is 23.6 Å². The molecule has 2 saturated carbocycles. The highest BCUT2D eigenvalue weighted by Gasteiger charge is 2.30. The van der Waals surface area contributed by atoms with Gasteiger partial charge in [-0.2, -0.15) is 0 Å². The summed E-state index contributed by atoms with van der Waals surface area (Å²) in [7, 11) is 0. The average Bonchev–Trinajstić information content (AvgIpc) is 2.75. The Bertz CT molecular complexity index is 818. The van der Waals surface area contributed by atoms with Gasteiger partial charge in [0.15, 0.2) is 0 Å². The summed E-state index contributed by atoms with van der Waals surface area (Å²) in [5.41, 5.74) is 2.25. The van der Waals surface area contributed by atoms with E-state index in [9.17, 15) is 4.39 Å². The molecule has 0 amide bonds. The molecule has 2 aromatic carbocycles. The lowest BCUT2D eigenvalue weighted by atomic mass is 9.68. The average molecular weight is 379 g/mol. The summed E-state index contributed by atoms with van der Waals surface area (Å²) in [5.74, 6) is 3.37. The van der Waals surface area contributed by atoms with Crippen molar-refractivity contribution in [3.8, 4) is 0 Å². The smallest absolute Gasteiger partial charge is 0.134 e. The van der Waals surface area contributed by atoms with Gasteiger partial charge in [0.25, 0.3) is 0 Å². The molecule has 2 aliphatic carbocycles. The van der Waals surface area contributed by atoms with Gasteiger partial charge in [-0.3, -0.25) is 0 Å². The first kappa shape index (κ1) is 19.7. The predicted octanol–water partition coefficient (Wildman–Crippen LogP) is 8.20. The standard InChI is InChI=1S/C27H35F/c1-3-5-19-6-8-21(9-7-19)22-11-13-23(14-12-22)24-16-17-26-25(18-24)15-10-20(4-2)27(26)28/h3,5,10,15-19,21-23H,4,6-9,11-14H2,1-2H3/b5-3+. The molecule has 4 rings (SSSR count). The van der Waals surface area contributed by atoms with E-state index in [0.717, 1.165) is 40.5 Å². The molecule has 2 aliphatic rings.